The minimum absolute atomic E-state index is 0.189. The number of hydrogen-bond acceptors (Lipinski definition) is 3. The summed E-state index contributed by atoms with van der Waals surface area (Å²) in [5, 5.41) is 3.89. The van der Waals surface area contributed by atoms with Gasteiger partial charge in [0, 0.05) is 18.8 Å². The van der Waals surface area contributed by atoms with Crippen LogP contribution in [0.25, 0.3) is 0 Å². The summed E-state index contributed by atoms with van der Waals surface area (Å²) >= 11 is 0. The van der Waals surface area contributed by atoms with Crippen molar-refractivity contribution in [2.75, 3.05) is 0 Å². The minimum Gasteiger partial charge on any atom is -0.271 e. The molecule has 8 heteroatoms. The van der Waals surface area contributed by atoms with E-state index < -0.39 is 23.6 Å². The number of nitrogens with one attached hydrogen (secondary N) is 1. The van der Waals surface area contributed by atoms with Gasteiger partial charge in [0.15, 0.2) is 0 Å². The molecule has 0 fully saturated rings. The number of aryl methyl sites for hydroxylation is 1. The summed E-state index contributed by atoms with van der Waals surface area (Å²) in [7, 11) is 1.59. The summed E-state index contributed by atoms with van der Waals surface area (Å²) in [6.07, 6.45) is -3.10. The fraction of sp³-hybridized carbons (Fsp3) is 0.250. The Morgan fingerprint density at radius 1 is 1.30 bits per heavy atom. The van der Waals surface area contributed by atoms with E-state index in [9.17, 15) is 17.6 Å². The Balaban J connectivity index is 2.52. The molecule has 1 aromatic heterocycles. The quantitative estimate of drug-likeness (QED) is 0.517. The normalized spacial score (nSPS) is 13.5. The van der Waals surface area contributed by atoms with Gasteiger partial charge in [0.05, 0.1) is 17.3 Å². The maximum absolute atomic E-state index is 13.8. The average molecular weight is 288 g/mol. The minimum atomic E-state index is -4.55. The third kappa shape index (κ3) is 2.66. The standard InChI is InChI=1S/C12H12F4N4/c1-20-10(4-5-18-20)11(19-17)8-6-7(12(14,15)16)2-3-9(8)13/h2-6,11,19H,17H2,1H3. The van der Waals surface area contributed by atoms with Crippen LogP contribution in [-0.2, 0) is 13.2 Å². The zero-order chi connectivity index (χ0) is 14.9. The van der Waals surface area contributed by atoms with Gasteiger partial charge in [-0.1, -0.05) is 0 Å². The number of hydrazine groups is 1. The van der Waals surface area contributed by atoms with E-state index in [4.69, 9.17) is 5.84 Å². The summed E-state index contributed by atoms with van der Waals surface area (Å²) in [6, 6.07) is 2.83. The van der Waals surface area contributed by atoms with Crippen LogP contribution in [0.2, 0.25) is 0 Å². The summed E-state index contributed by atoms with van der Waals surface area (Å²) in [5.74, 6) is 4.58. The zero-order valence-electron chi connectivity index (χ0n) is 10.4. The van der Waals surface area contributed by atoms with Gasteiger partial charge in [0.25, 0.3) is 0 Å². The highest BCUT2D eigenvalue weighted by Gasteiger charge is 2.32. The average Bonchev–Trinajstić information content (AvgIpc) is 2.78. The first-order chi connectivity index (χ1) is 9.34. The number of nitrogens with zero attached hydrogens (tertiary/aromatic N) is 2. The Hall–Kier alpha value is -1.93. The molecule has 1 aromatic carbocycles. The van der Waals surface area contributed by atoms with Crippen LogP contribution in [0.4, 0.5) is 17.6 Å². The van der Waals surface area contributed by atoms with Crippen molar-refractivity contribution in [3.8, 4) is 0 Å². The summed E-state index contributed by atoms with van der Waals surface area (Å²) in [6.45, 7) is 0. The molecule has 2 aromatic rings. The molecule has 108 valence electrons. The lowest BCUT2D eigenvalue weighted by Crippen LogP contribution is -2.31. The highest BCUT2D eigenvalue weighted by atomic mass is 19.4. The molecule has 0 aliphatic carbocycles. The van der Waals surface area contributed by atoms with Gasteiger partial charge in [0.2, 0.25) is 0 Å². The highest BCUT2D eigenvalue weighted by Crippen LogP contribution is 2.33. The maximum Gasteiger partial charge on any atom is 0.416 e. The van der Waals surface area contributed by atoms with E-state index >= 15 is 0 Å². The summed E-state index contributed by atoms with van der Waals surface area (Å²) in [5.41, 5.74) is 1.64. The molecule has 0 spiro atoms. The molecule has 0 aliphatic heterocycles. The van der Waals surface area contributed by atoms with Crippen LogP contribution >= 0.6 is 0 Å². The predicted octanol–water partition coefficient (Wildman–Crippen LogP) is 2.13. The molecular weight excluding hydrogens is 276 g/mol. The number of hydrogen-bond donors (Lipinski definition) is 2. The fourth-order valence-electron chi connectivity index (χ4n) is 1.94. The Kier molecular flexibility index (Phi) is 3.78. The second-order valence-corrected chi connectivity index (χ2v) is 4.21. The number of aromatic nitrogens is 2. The topological polar surface area (TPSA) is 55.9 Å². The Morgan fingerprint density at radius 3 is 2.50 bits per heavy atom. The van der Waals surface area contributed by atoms with E-state index in [-0.39, 0.29) is 5.56 Å². The largest absolute Gasteiger partial charge is 0.416 e. The van der Waals surface area contributed by atoms with Crippen molar-refractivity contribution >= 4 is 0 Å². The van der Waals surface area contributed by atoms with Crippen molar-refractivity contribution in [1.82, 2.24) is 15.2 Å². The molecule has 0 radical (unpaired) electrons. The zero-order valence-corrected chi connectivity index (χ0v) is 10.4. The van der Waals surface area contributed by atoms with Gasteiger partial charge in [-0.3, -0.25) is 10.5 Å². The molecule has 1 unspecified atom stereocenters. The van der Waals surface area contributed by atoms with E-state index in [1.54, 1.807) is 13.1 Å². The lowest BCUT2D eigenvalue weighted by atomic mass is 10.0. The molecule has 0 bridgehead atoms. The van der Waals surface area contributed by atoms with E-state index in [1.807, 2.05) is 0 Å². The Bertz CT molecular complexity index is 606. The van der Waals surface area contributed by atoms with Crippen molar-refractivity contribution in [2.24, 2.45) is 12.9 Å². The van der Waals surface area contributed by atoms with Gasteiger partial charge in [-0.2, -0.15) is 18.3 Å². The Morgan fingerprint density at radius 2 is 2.00 bits per heavy atom. The number of nitrogens with two attached hydrogens (primary N) is 1. The fourth-order valence-corrected chi connectivity index (χ4v) is 1.94. The van der Waals surface area contributed by atoms with E-state index in [0.29, 0.717) is 11.8 Å². The molecular formula is C12H12F4N4. The first-order valence-electron chi connectivity index (χ1n) is 5.65. The van der Waals surface area contributed by atoms with Gasteiger partial charge in [-0.15, -0.1) is 0 Å². The number of alkyl halides is 3. The molecule has 20 heavy (non-hydrogen) atoms. The van der Waals surface area contributed by atoms with Gasteiger partial charge in [-0.05, 0) is 24.3 Å². The molecule has 3 N–H and O–H groups in total. The van der Waals surface area contributed by atoms with Crippen LogP contribution in [0, 0.1) is 5.82 Å². The second-order valence-electron chi connectivity index (χ2n) is 4.21. The smallest absolute Gasteiger partial charge is 0.271 e. The molecule has 0 amide bonds. The molecule has 1 atom stereocenters. The summed E-state index contributed by atoms with van der Waals surface area (Å²) in [4.78, 5) is 0. The number of halogens is 4. The van der Waals surface area contributed by atoms with E-state index in [1.165, 1.54) is 10.9 Å². The van der Waals surface area contributed by atoms with Gasteiger partial charge < -0.3 is 0 Å². The molecule has 1 heterocycles. The third-order valence-corrected chi connectivity index (χ3v) is 2.96. The van der Waals surface area contributed by atoms with Crippen LogP contribution in [0.1, 0.15) is 22.9 Å². The molecule has 0 saturated carbocycles. The van der Waals surface area contributed by atoms with E-state index in [0.717, 1.165) is 12.1 Å². The highest BCUT2D eigenvalue weighted by molar-refractivity contribution is 5.33. The lowest BCUT2D eigenvalue weighted by Gasteiger charge is -2.19. The molecule has 2 rings (SSSR count). The number of rotatable bonds is 3. The van der Waals surface area contributed by atoms with Crippen molar-refractivity contribution in [1.29, 1.82) is 0 Å². The van der Waals surface area contributed by atoms with Crippen molar-refractivity contribution < 1.29 is 17.6 Å². The van der Waals surface area contributed by atoms with Crippen LogP contribution in [0.3, 0.4) is 0 Å². The summed E-state index contributed by atoms with van der Waals surface area (Å²) < 4.78 is 53.3. The Labute approximate surface area is 112 Å². The van der Waals surface area contributed by atoms with Crippen LogP contribution in [0.5, 0.6) is 0 Å². The molecule has 0 aliphatic rings. The third-order valence-electron chi connectivity index (χ3n) is 2.96. The van der Waals surface area contributed by atoms with Gasteiger partial charge >= 0.3 is 6.18 Å². The van der Waals surface area contributed by atoms with Gasteiger partial charge in [-0.25, -0.2) is 9.82 Å². The van der Waals surface area contributed by atoms with Crippen LogP contribution in [-0.4, -0.2) is 9.78 Å². The second kappa shape index (κ2) is 5.22. The van der Waals surface area contributed by atoms with Crippen LogP contribution < -0.4 is 11.3 Å². The SMILES string of the molecule is Cn1nccc1C(NN)c1cc(C(F)(F)F)ccc1F. The first kappa shape index (κ1) is 14.5. The predicted molar refractivity (Wildman–Crippen MR) is 63.8 cm³/mol. The number of benzene rings is 1. The monoisotopic (exact) mass is 288 g/mol. The van der Waals surface area contributed by atoms with Crippen molar-refractivity contribution in [3.63, 3.8) is 0 Å². The van der Waals surface area contributed by atoms with Crippen LogP contribution in [0.15, 0.2) is 30.5 Å². The maximum atomic E-state index is 13.8. The van der Waals surface area contributed by atoms with Crippen molar-refractivity contribution in [2.45, 2.75) is 12.2 Å². The lowest BCUT2D eigenvalue weighted by molar-refractivity contribution is -0.137. The first-order valence-corrected chi connectivity index (χ1v) is 5.65. The molecule has 4 nitrogen and oxygen atoms in total. The van der Waals surface area contributed by atoms with Crippen molar-refractivity contribution in [3.05, 3.63) is 53.1 Å². The van der Waals surface area contributed by atoms with Gasteiger partial charge in [0.1, 0.15) is 5.82 Å². The van der Waals surface area contributed by atoms with E-state index in [2.05, 4.69) is 10.5 Å². The molecule has 0 saturated heterocycles.